The van der Waals surface area contributed by atoms with Crippen molar-refractivity contribution in [3.63, 3.8) is 0 Å². The van der Waals surface area contributed by atoms with Crippen molar-refractivity contribution < 1.29 is 4.42 Å². The van der Waals surface area contributed by atoms with Gasteiger partial charge in [-0.3, -0.25) is 0 Å². The molecule has 2 aromatic heterocycles. The fourth-order valence-corrected chi connectivity index (χ4v) is 11.1. The maximum atomic E-state index is 7.56. The lowest BCUT2D eigenvalue weighted by Gasteiger charge is -2.42. The van der Waals surface area contributed by atoms with E-state index in [0.29, 0.717) is 0 Å². The third-order valence-electron chi connectivity index (χ3n) is 14.4. The molecule has 0 radical (unpaired) electrons. The van der Waals surface area contributed by atoms with Crippen LogP contribution in [-0.4, -0.2) is 11.3 Å². The summed E-state index contributed by atoms with van der Waals surface area (Å²) in [5.41, 5.74) is 19.9. The minimum Gasteiger partial charge on any atom is -0.466 e. The Hall–Kier alpha value is -6.00. The Morgan fingerprint density at radius 2 is 1.32 bits per heavy atom. The number of para-hydroxylation sites is 1. The Morgan fingerprint density at radius 1 is 0.610 bits per heavy atom. The number of hydrogen-bond donors (Lipinski definition) is 0. The molecule has 7 aromatic carbocycles. The van der Waals surface area contributed by atoms with Gasteiger partial charge < -0.3 is 13.8 Å². The van der Waals surface area contributed by atoms with E-state index < -0.39 is 0 Å². The second kappa shape index (κ2) is 11.6. The van der Waals surface area contributed by atoms with Crippen LogP contribution in [0.15, 0.2) is 132 Å². The van der Waals surface area contributed by atoms with Crippen LogP contribution in [0.25, 0.3) is 65.8 Å². The van der Waals surface area contributed by atoms with Crippen molar-refractivity contribution in [3.8, 4) is 22.3 Å². The average Bonchev–Trinajstić information content (AvgIpc) is 3.75. The van der Waals surface area contributed by atoms with E-state index in [1.165, 1.54) is 99.3 Å². The molecule has 1 aliphatic carbocycles. The Kier molecular flexibility index (Phi) is 6.88. The van der Waals surface area contributed by atoms with E-state index >= 15 is 0 Å². The Balaban J connectivity index is 1.26. The highest BCUT2D eigenvalue weighted by molar-refractivity contribution is 6.89. The van der Waals surface area contributed by atoms with E-state index in [0.717, 1.165) is 29.8 Å². The van der Waals surface area contributed by atoms with Crippen molar-refractivity contribution in [1.82, 2.24) is 4.48 Å². The predicted molar refractivity (Wildman–Crippen MR) is 251 cm³/mol. The van der Waals surface area contributed by atoms with E-state index in [-0.39, 0.29) is 23.1 Å². The van der Waals surface area contributed by atoms with Crippen LogP contribution >= 0.6 is 0 Å². The molecule has 0 atom stereocenters. The largest absolute Gasteiger partial charge is 0.466 e. The summed E-state index contributed by atoms with van der Waals surface area (Å²) in [5.74, 6) is 0. The monoisotopic (exact) mass is 764 g/mol. The summed E-state index contributed by atoms with van der Waals surface area (Å²) in [7, 11) is 0. The Bertz CT molecular complexity index is 3280. The minimum atomic E-state index is -0.164. The average molecular weight is 765 g/mol. The highest BCUT2D eigenvalue weighted by atomic mass is 16.3. The SMILES string of the molecule is Cc1cc2c3c(c1)N(c1ccc(C(C)(C)C)cc1-c1ccccc1)c1c(oc4cc5c(cc14)C(C)(C)CCC5(C)C)B3n1c3cc4ccccc4cc3c3cccc-2c31. The molecule has 9 aromatic rings. The van der Waals surface area contributed by atoms with E-state index in [4.69, 9.17) is 4.42 Å². The molecule has 4 heteroatoms. The van der Waals surface area contributed by atoms with Gasteiger partial charge in [0.1, 0.15) is 11.2 Å². The van der Waals surface area contributed by atoms with Crippen LogP contribution in [0.3, 0.4) is 0 Å². The number of aromatic nitrogens is 1. The Labute approximate surface area is 347 Å². The number of hydrogen-bond acceptors (Lipinski definition) is 2. The van der Waals surface area contributed by atoms with Gasteiger partial charge in [-0.15, -0.1) is 0 Å². The standard InChI is InChI=1S/C55H49BN2O/c1-32-25-41-38-20-14-19-37-40-27-34-17-12-13-18-35(34)28-46(40)58(50(37)38)56-49(41)47(26-32)57(45-22-21-36(53(2,3)4)29-39(45)33-15-10-9-11-16-33)51-42-30-43-44(31-48(42)59-52(51)56)55(7,8)24-23-54(43,5)6/h9-22,25-31H,23-24H2,1-8H3. The number of aryl methyl sites for hydroxylation is 1. The van der Waals surface area contributed by atoms with Crippen LogP contribution < -0.4 is 16.0 Å². The summed E-state index contributed by atoms with van der Waals surface area (Å²) >= 11 is 0. The van der Waals surface area contributed by atoms with Gasteiger partial charge in [-0.1, -0.05) is 133 Å². The lowest BCUT2D eigenvalue weighted by Crippen LogP contribution is -2.56. The molecule has 4 heterocycles. The third kappa shape index (κ3) is 4.78. The first-order valence-electron chi connectivity index (χ1n) is 21.5. The molecule has 0 unspecified atom stereocenters. The van der Waals surface area contributed by atoms with Crippen LogP contribution in [0.5, 0.6) is 0 Å². The van der Waals surface area contributed by atoms with Gasteiger partial charge >= 0.3 is 6.85 Å². The zero-order chi connectivity index (χ0) is 40.3. The minimum absolute atomic E-state index is 0.0166. The van der Waals surface area contributed by atoms with Crippen LogP contribution in [-0.2, 0) is 16.2 Å². The van der Waals surface area contributed by atoms with Crippen molar-refractivity contribution in [2.24, 2.45) is 0 Å². The zero-order valence-electron chi connectivity index (χ0n) is 35.4. The van der Waals surface area contributed by atoms with Gasteiger partial charge in [-0.25, -0.2) is 0 Å². The van der Waals surface area contributed by atoms with Gasteiger partial charge in [-0.2, -0.15) is 0 Å². The number of furan rings is 1. The molecule has 3 nitrogen and oxygen atoms in total. The second-order valence-electron chi connectivity index (χ2n) is 20.1. The zero-order valence-corrected chi connectivity index (χ0v) is 35.4. The van der Waals surface area contributed by atoms with Crippen molar-refractivity contribution in [1.29, 1.82) is 0 Å². The fraction of sp³-hybridized carbons (Fsp3) is 0.236. The summed E-state index contributed by atoms with van der Waals surface area (Å²) in [5, 5.41) is 6.28. The molecule has 3 aliphatic rings. The highest BCUT2D eigenvalue weighted by Crippen LogP contribution is 2.53. The molecule has 0 N–H and O–H groups in total. The topological polar surface area (TPSA) is 21.3 Å². The summed E-state index contributed by atoms with van der Waals surface area (Å²) in [4.78, 5) is 2.60. The van der Waals surface area contributed by atoms with Gasteiger partial charge in [0.05, 0.1) is 11.4 Å². The maximum absolute atomic E-state index is 7.56. The van der Waals surface area contributed by atoms with Crippen LogP contribution in [0, 0.1) is 6.92 Å². The van der Waals surface area contributed by atoms with E-state index in [1.54, 1.807) is 0 Å². The van der Waals surface area contributed by atoms with Gasteiger partial charge in [0.15, 0.2) is 0 Å². The second-order valence-corrected chi connectivity index (χ2v) is 20.1. The molecule has 59 heavy (non-hydrogen) atoms. The Morgan fingerprint density at radius 3 is 2.07 bits per heavy atom. The first-order chi connectivity index (χ1) is 28.3. The van der Waals surface area contributed by atoms with Crippen molar-refractivity contribution in [2.75, 3.05) is 4.90 Å². The van der Waals surface area contributed by atoms with Crippen molar-refractivity contribution in [3.05, 3.63) is 150 Å². The summed E-state index contributed by atoms with van der Waals surface area (Å²) < 4.78 is 10.2. The van der Waals surface area contributed by atoms with Gasteiger partial charge in [0.2, 0.25) is 0 Å². The summed E-state index contributed by atoms with van der Waals surface area (Å²) in [6.07, 6.45) is 2.31. The van der Waals surface area contributed by atoms with Crippen LogP contribution in [0.4, 0.5) is 17.1 Å². The number of fused-ring (bicyclic) bond motifs is 11. The van der Waals surface area contributed by atoms with E-state index in [2.05, 4.69) is 192 Å². The summed E-state index contributed by atoms with van der Waals surface area (Å²) in [6.45, 7) is 18.8. The molecule has 0 amide bonds. The molecule has 0 saturated carbocycles. The smallest absolute Gasteiger partial charge is 0.375 e. The van der Waals surface area contributed by atoms with Gasteiger partial charge in [0.25, 0.3) is 0 Å². The first kappa shape index (κ1) is 35.0. The number of nitrogens with zero attached hydrogens (tertiary/aromatic N) is 2. The highest BCUT2D eigenvalue weighted by Gasteiger charge is 2.48. The molecular formula is C55H49BN2O. The number of rotatable bonds is 2. The normalized spacial score (nSPS) is 16.2. The predicted octanol–water partition coefficient (Wildman–Crippen LogP) is 13.7. The molecule has 12 rings (SSSR count). The molecule has 0 saturated heterocycles. The quantitative estimate of drug-likeness (QED) is 0.164. The number of benzene rings is 7. The van der Waals surface area contributed by atoms with Crippen molar-refractivity contribution >= 4 is 78.6 Å². The maximum Gasteiger partial charge on any atom is 0.375 e. The van der Waals surface area contributed by atoms with Crippen LogP contribution in [0.2, 0.25) is 0 Å². The van der Waals surface area contributed by atoms with Crippen molar-refractivity contribution in [2.45, 2.75) is 84.5 Å². The third-order valence-corrected chi connectivity index (χ3v) is 14.4. The van der Waals surface area contributed by atoms with Crippen LogP contribution in [0.1, 0.15) is 83.6 Å². The van der Waals surface area contributed by atoms with E-state index in [9.17, 15) is 0 Å². The first-order valence-corrected chi connectivity index (χ1v) is 21.5. The lowest BCUT2D eigenvalue weighted by molar-refractivity contribution is 0.332. The fourth-order valence-electron chi connectivity index (χ4n) is 11.1. The molecule has 0 fully saturated rings. The van der Waals surface area contributed by atoms with E-state index in [1.807, 2.05) is 0 Å². The molecule has 0 spiro atoms. The van der Waals surface area contributed by atoms with Gasteiger partial charge in [0, 0.05) is 44.0 Å². The number of anilines is 3. The van der Waals surface area contributed by atoms with Gasteiger partial charge in [-0.05, 0) is 128 Å². The molecule has 288 valence electrons. The molecule has 0 bridgehead atoms. The molecule has 2 aliphatic heterocycles. The summed E-state index contributed by atoms with van der Waals surface area (Å²) in [6, 6.07) is 48.5. The molecular weight excluding hydrogens is 715 g/mol. The lowest BCUT2D eigenvalue weighted by atomic mass is 9.47.